The Balaban J connectivity index is 0. The van der Waals surface area contributed by atoms with Crippen molar-refractivity contribution < 1.29 is 9.90 Å². The summed E-state index contributed by atoms with van der Waals surface area (Å²) in [6, 6.07) is 0. The summed E-state index contributed by atoms with van der Waals surface area (Å²) in [7, 11) is -1.66. The average Bonchev–Trinajstić information content (AvgIpc) is 2.69. The molecule has 184 valence electrons. The Labute approximate surface area is 196 Å². The van der Waals surface area contributed by atoms with Gasteiger partial charge in [-0.3, -0.25) is 0 Å². The van der Waals surface area contributed by atoms with E-state index >= 15 is 0 Å². The van der Waals surface area contributed by atoms with Crippen LogP contribution in [-0.4, -0.2) is 35.7 Å². The van der Waals surface area contributed by atoms with Gasteiger partial charge >= 0.3 is 184 Å². The predicted octanol–water partition coefficient (Wildman–Crippen LogP) is 9.32. The largest absolute Gasteiger partial charge is 0.147 e. The normalized spacial score (nSPS) is 12.0. The van der Waals surface area contributed by atoms with E-state index in [1.807, 2.05) is 0 Å². The summed E-state index contributed by atoms with van der Waals surface area (Å²) in [5.41, 5.74) is 0. The number of aliphatic carboxylic acids is 1. The van der Waals surface area contributed by atoms with Gasteiger partial charge in [0.05, 0.1) is 0 Å². The van der Waals surface area contributed by atoms with E-state index in [1.165, 1.54) is 134 Å². The topological polar surface area (TPSA) is 37.3 Å². The Kier molecular flexibility index (Phi) is 25.7. The van der Waals surface area contributed by atoms with Gasteiger partial charge in [-0.1, -0.05) is 0 Å². The zero-order chi connectivity index (χ0) is 21.6. The van der Waals surface area contributed by atoms with Gasteiger partial charge < -0.3 is 0 Å². The molecule has 0 radical (unpaired) electrons. The molecule has 0 heterocycles. The van der Waals surface area contributed by atoms with E-state index < -0.39 is 13.2 Å². The second-order valence-electron chi connectivity index (χ2n) is 9.62. The Morgan fingerprint density at radius 3 is 1.07 bits per heavy atom. The zero-order valence-corrected chi connectivity index (χ0v) is 22.6. The number of rotatable bonds is 23. The minimum absolute atomic E-state index is 0. The van der Waals surface area contributed by atoms with Crippen LogP contribution in [0.15, 0.2) is 0 Å². The summed E-state index contributed by atoms with van der Waals surface area (Å²) in [5.74, 6) is -0.514. The molecule has 0 saturated carbocycles. The fourth-order valence-electron chi connectivity index (χ4n) is 4.80. The van der Waals surface area contributed by atoms with Crippen LogP contribution in [-0.2, 0) is 4.79 Å². The van der Waals surface area contributed by atoms with Crippen molar-refractivity contribution >= 4 is 25.6 Å². The van der Waals surface area contributed by atoms with E-state index in [-0.39, 0.29) is 12.4 Å². The van der Waals surface area contributed by atoms with E-state index in [4.69, 9.17) is 0 Å². The van der Waals surface area contributed by atoms with Gasteiger partial charge in [0, 0.05) is 0 Å². The molecule has 0 aliphatic carbocycles. The van der Waals surface area contributed by atoms with Gasteiger partial charge in [0.25, 0.3) is 0 Å². The van der Waals surface area contributed by atoms with Crippen molar-refractivity contribution in [2.45, 2.75) is 136 Å². The Bertz CT molecular complexity index is 322. The zero-order valence-electron chi connectivity index (χ0n) is 20.8. The van der Waals surface area contributed by atoms with Crippen molar-refractivity contribution in [3.05, 3.63) is 0 Å². The van der Waals surface area contributed by atoms with Crippen LogP contribution in [0.5, 0.6) is 0 Å². The molecule has 30 heavy (non-hydrogen) atoms. The molecular formula is C26H56ClO2P. The number of halogens is 1. The molecule has 0 aromatic heterocycles. The van der Waals surface area contributed by atoms with Gasteiger partial charge in [-0.25, -0.2) is 0 Å². The van der Waals surface area contributed by atoms with Crippen LogP contribution in [0, 0.1) is 0 Å². The quantitative estimate of drug-likeness (QED) is 0.120. The maximum Gasteiger partial charge on any atom is -0.147 e. The third-order valence-electron chi connectivity index (χ3n) is 6.71. The third-order valence-corrected chi connectivity index (χ3v) is 12.0. The predicted molar refractivity (Wildman–Crippen MR) is 143 cm³/mol. The van der Waals surface area contributed by atoms with E-state index in [0.717, 1.165) is 0 Å². The van der Waals surface area contributed by atoms with Crippen LogP contribution in [0.1, 0.15) is 136 Å². The van der Waals surface area contributed by atoms with Crippen LogP contribution < -0.4 is 0 Å². The van der Waals surface area contributed by atoms with Crippen LogP contribution in [0.2, 0.25) is 0 Å². The Morgan fingerprint density at radius 2 is 0.800 bits per heavy atom. The van der Waals surface area contributed by atoms with E-state index in [9.17, 15) is 9.90 Å². The molecule has 1 N–H and O–H groups in total. The van der Waals surface area contributed by atoms with Crippen LogP contribution in [0.25, 0.3) is 0 Å². The molecule has 0 aromatic carbocycles. The first kappa shape index (κ1) is 32.4. The van der Waals surface area contributed by atoms with Crippen molar-refractivity contribution in [1.29, 1.82) is 0 Å². The molecule has 0 bridgehead atoms. The fraction of sp³-hybridized carbons (Fsp3) is 0.962. The summed E-state index contributed by atoms with van der Waals surface area (Å²) in [6.45, 7) is 6.81. The number of hydrogen-bond acceptors (Lipinski definition) is 1. The summed E-state index contributed by atoms with van der Waals surface area (Å²) < 4.78 is 0. The van der Waals surface area contributed by atoms with Crippen LogP contribution >= 0.6 is 19.7 Å². The first-order valence-corrected chi connectivity index (χ1v) is 16.1. The van der Waals surface area contributed by atoms with E-state index in [2.05, 4.69) is 20.8 Å². The summed E-state index contributed by atoms with van der Waals surface area (Å²) in [5, 5.41) is 9.70. The summed E-state index contributed by atoms with van der Waals surface area (Å²) in [6.07, 6.45) is 28.3. The molecule has 0 fully saturated rings. The van der Waals surface area contributed by atoms with Gasteiger partial charge in [-0.2, -0.15) is 0 Å². The third kappa shape index (κ3) is 20.1. The smallest absolute Gasteiger partial charge is 0.147 e. The van der Waals surface area contributed by atoms with Gasteiger partial charge in [0.1, 0.15) is 0 Å². The molecule has 0 aliphatic rings. The maximum absolute atomic E-state index is 11.8. The molecule has 0 amide bonds. The Hall–Kier alpha value is 0.190. The number of carbonyl (C=O) groups is 1. The Morgan fingerprint density at radius 1 is 0.533 bits per heavy atom. The minimum Gasteiger partial charge on any atom is -0.147 e. The van der Waals surface area contributed by atoms with Crippen molar-refractivity contribution in [3.8, 4) is 0 Å². The maximum atomic E-state index is 11.8. The van der Waals surface area contributed by atoms with Gasteiger partial charge in [-0.15, -0.1) is 12.4 Å². The molecule has 0 unspecified atom stereocenters. The molecule has 4 heteroatoms. The number of carboxylic acids is 1. The molecule has 0 aliphatic heterocycles. The second-order valence-corrected chi connectivity index (χ2v) is 14.5. The van der Waals surface area contributed by atoms with Crippen molar-refractivity contribution in [2.24, 2.45) is 0 Å². The van der Waals surface area contributed by atoms with Crippen molar-refractivity contribution in [3.63, 3.8) is 0 Å². The van der Waals surface area contributed by atoms with Gasteiger partial charge in [0.2, 0.25) is 0 Å². The van der Waals surface area contributed by atoms with Crippen molar-refractivity contribution in [2.75, 3.05) is 24.6 Å². The SMILES string of the molecule is CCCCCCCC[PH](CCCCCCCC)(CCCCCCCC)CC(=O)O.Cl. The summed E-state index contributed by atoms with van der Waals surface area (Å²) >= 11 is 0. The van der Waals surface area contributed by atoms with Crippen LogP contribution in [0.4, 0.5) is 0 Å². The molecule has 0 saturated heterocycles. The minimum atomic E-state index is -1.66. The molecule has 2 nitrogen and oxygen atoms in total. The van der Waals surface area contributed by atoms with E-state index in [1.54, 1.807) is 0 Å². The number of carboxylic acid groups (broad SMARTS) is 1. The van der Waals surface area contributed by atoms with Crippen LogP contribution in [0.3, 0.4) is 0 Å². The summed E-state index contributed by atoms with van der Waals surface area (Å²) in [4.78, 5) is 11.8. The standard InChI is InChI=1S/C26H55O2P.ClH/c1-4-7-10-13-16-19-22-29(25-26(27)28,23-20-17-14-11-8-5-2)24-21-18-15-12-9-6-3;/h29H,4-25H2,1-3H3,(H,27,28);1H. The number of hydrogen-bond donors (Lipinski definition) is 1. The first-order valence-electron chi connectivity index (χ1n) is 13.3. The van der Waals surface area contributed by atoms with Gasteiger partial charge in [-0.05, 0) is 0 Å². The van der Waals surface area contributed by atoms with E-state index in [0.29, 0.717) is 6.16 Å². The molecule has 0 spiro atoms. The average molecular weight is 467 g/mol. The first-order chi connectivity index (χ1) is 14.1. The fourth-order valence-corrected chi connectivity index (χ4v) is 9.72. The molecule has 0 aromatic rings. The van der Waals surface area contributed by atoms with Crippen molar-refractivity contribution in [1.82, 2.24) is 0 Å². The molecular weight excluding hydrogens is 411 g/mol. The second kappa shape index (κ2) is 23.8. The molecule has 0 rings (SSSR count). The van der Waals surface area contributed by atoms with Gasteiger partial charge in [0.15, 0.2) is 0 Å². The number of unbranched alkanes of at least 4 members (excludes halogenated alkanes) is 15. The monoisotopic (exact) mass is 466 g/mol. The molecule has 0 atom stereocenters.